The van der Waals surface area contributed by atoms with Gasteiger partial charge in [-0.2, -0.15) is 0 Å². The van der Waals surface area contributed by atoms with Crippen LogP contribution in [0.3, 0.4) is 0 Å². The van der Waals surface area contributed by atoms with Crippen LogP contribution in [0.25, 0.3) is 0 Å². The first-order chi connectivity index (χ1) is 11.0. The molecule has 0 amide bonds. The first-order valence-corrected chi connectivity index (χ1v) is 8.29. The molecule has 0 aliphatic carbocycles. The Morgan fingerprint density at radius 2 is 2.12 bits per heavy atom. The van der Waals surface area contributed by atoms with Crippen LogP contribution in [0.2, 0.25) is 0 Å². The Hall–Kier alpha value is -1.31. The Morgan fingerprint density at radius 3 is 2.75 bits per heavy atom. The summed E-state index contributed by atoms with van der Waals surface area (Å²) in [6.45, 7) is 14.3. The lowest BCUT2D eigenvalue weighted by atomic mass is 10.1. The molecule has 0 bridgehead atoms. The summed E-state index contributed by atoms with van der Waals surface area (Å²) in [5.41, 5.74) is 1.07. The van der Waals surface area contributed by atoms with Gasteiger partial charge in [0.1, 0.15) is 0 Å². The zero-order valence-corrected chi connectivity index (χ0v) is 17.5. The van der Waals surface area contributed by atoms with Crippen molar-refractivity contribution in [2.75, 3.05) is 13.1 Å². The predicted octanol–water partition coefficient (Wildman–Crippen LogP) is 3.75. The molecule has 24 heavy (non-hydrogen) atoms. The van der Waals surface area contributed by atoms with Crippen LogP contribution in [0.1, 0.15) is 39.7 Å². The van der Waals surface area contributed by atoms with Crippen LogP contribution in [0.15, 0.2) is 36.0 Å². The largest absolute Gasteiger partial charge is 0.475 e. The van der Waals surface area contributed by atoms with E-state index in [1.807, 2.05) is 19.1 Å². The average molecular weight is 446 g/mol. The second-order valence-corrected chi connectivity index (χ2v) is 5.93. The van der Waals surface area contributed by atoms with Crippen LogP contribution in [-0.4, -0.2) is 30.1 Å². The minimum Gasteiger partial charge on any atom is -0.475 e. The molecule has 0 saturated heterocycles. The number of ether oxygens (including phenoxy) is 1. The van der Waals surface area contributed by atoms with Gasteiger partial charge in [-0.1, -0.05) is 19.9 Å². The van der Waals surface area contributed by atoms with Gasteiger partial charge in [0.05, 0.1) is 12.6 Å². The van der Waals surface area contributed by atoms with Gasteiger partial charge in [-0.05, 0) is 37.8 Å². The molecule has 1 unspecified atom stereocenters. The van der Waals surface area contributed by atoms with Crippen molar-refractivity contribution < 1.29 is 4.74 Å². The molecule has 2 N–H and O–H groups in total. The third kappa shape index (κ3) is 9.75. The maximum atomic E-state index is 5.88. The summed E-state index contributed by atoms with van der Waals surface area (Å²) in [4.78, 5) is 8.84. The quantitative estimate of drug-likeness (QED) is 0.263. The fourth-order valence-electron chi connectivity index (χ4n) is 2.21. The highest BCUT2D eigenvalue weighted by atomic mass is 127. The fourth-order valence-corrected chi connectivity index (χ4v) is 2.21. The molecule has 0 radical (unpaired) electrons. The van der Waals surface area contributed by atoms with Gasteiger partial charge in [0.15, 0.2) is 5.96 Å². The average Bonchev–Trinajstić information content (AvgIpc) is 2.49. The number of hydrogen-bond donors (Lipinski definition) is 2. The van der Waals surface area contributed by atoms with Crippen LogP contribution in [0.5, 0.6) is 5.88 Å². The van der Waals surface area contributed by atoms with Gasteiger partial charge >= 0.3 is 0 Å². The van der Waals surface area contributed by atoms with E-state index in [0.29, 0.717) is 24.9 Å². The van der Waals surface area contributed by atoms with E-state index in [9.17, 15) is 0 Å². The number of nitrogens with one attached hydrogen (secondary N) is 2. The highest BCUT2D eigenvalue weighted by Gasteiger charge is 2.08. The molecule has 0 spiro atoms. The van der Waals surface area contributed by atoms with Gasteiger partial charge in [-0.25, -0.2) is 9.98 Å². The van der Waals surface area contributed by atoms with Crippen LogP contribution < -0.4 is 15.4 Å². The Morgan fingerprint density at radius 1 is 1.38 bits per heavy atom. The number of rotatable bonds is 9. The summed E-state index contributed by atoms with van der Waals surface area (Å²) < 4.78 is 5.88. The zero-order valence-electron chi connectivity index (χ0n) is 15.2. The predicted molar refractivity (Wildman–Crippen MR) is 112 cm³/mol. The minimum absolute atomic E-state index is 0. The summed E-state index contributed by atoms with van der Waals surface area (Å²) in [6.07, 6.45) is 4.75. The molecule has 136 valence electrons. The van der Waals surface area contributed by atoms with E-state index in [4.69, 9.17) is 4.74 Å². The van der Waals surface area contributed by atoms with Crippen molar-refractivity contribution in [2.24, 2.45) is 10.9 Å². The molecular weight excluding hydrogens is 415 g/mol. The Labute approximate surface area is 163 Å². The molecule has 1 atom stereocenters. The fraction of sp³-hybridized carbons (Fsp3) is 0.556. The van der Waals surface area contributed by atoms with E-state index in [0.717, 1.165) is 24.5 Å². The summed E-state index contributed by atoms with van der Waals surface area (Å²) in [5, 5.41) is 6.38. The van der Waals surface area contributed by atoms with Crippen molar-refractivity contribution in [1.29, 1.82) is 0 Å². The van der Waals surface area contributed by atoms with Crippen LogP contribution in [0, 0.1) is 5.92 Å². The van der Waals surface area contributed by atoms with Gasteiger partial charge in [0.25, 0.3) is 0 Å². The SMILES string of the molecule is C=CCNC(=NCc1ccnc(OC(C)CC(C)C)c1)NCC.I. The molecule has 6 heteroatoms. The highest BCUT2D eigenvalue weighted by molar-refractivity contribution is 14.0. The summed E-state index contributed by atoms with van der Waals surface area (Å²) in [6, 6.07) is 3.91. The van der Waals surface area contributed by atoms with E-state index in [1.165, 1.54) is 0 Å². The third-order valence-electron chi connectivity index (χ3n) is 3.10. The van der Waals surface area contributed by atoms with E-state index in [2.05, 4.69) is 48.0 Å². The number of nitrogens with zero attached hydrogens (tertiary/aromatic N) is 2. The van der Waals surface area contributed by atoms with Gasteiger partial charge in [-0.15, -0.1) is 30.6 Å². The van der Waals surface area contributed by atoms with E-state index in [1.54, 1.807) is 12.3 Å². The van der Waals surface area contributed by atoms with Crippen LogP contribution in [-0.2, 0) is 6.54 Å². The van der Waals surface area contributed by atoms with Crippen LogP contribution in [0.4, 0.5) is 0 Å². The Kier molecular flexibility index (Phi) is 12.3. The van der Waals surface area contributed by atoms with Crippen molar-refractivity contribution in [3.8, 4) is 5.88 Å². The van der Waals surface area contributed by atoms with Crippen molar-refractivity contribution in [1.82, 2.24) is 15.6 Å². The Bertz CT molecular complexity index is 506. The molecule has 5 nitrogen and oxygen atoms in total. The second-order valence-electron chi connectivity index (χ2n) is 5.93. The standard InChI is InChI=1S/C18H30N4O.HI/c1-6-9-21-18(19-7-2)22-13-16-8-10-20-17(12-16)23-15(5)11-14(3)4;/h6,8,10,12,14-15H,1,7,9,11,13H2,2-5H3,(H2,19,21,22);1H. The smallest absolute Gasteiger partial charge is 0.213 e. The first kappa shape index (κ1) is 22.7. The number of aromatic nitrogens is 1. The normalized spacial score (nSPS) is 12.3. The van der Waals surface area contributed by atoms with Gasteiger partial charge in [0.2, 0.25) is 5.88 Å². The lowest BCUT2D eigenvalue weighted by Crippen LogP contribution is -2.37. The monoisotopic (exact) mass is 446 g/mol. The van der Waals surface area contributed by atoms with Crippen molar-refractivity contribution >= 4 is 29.9 Å². The second kappa shape index (κ2) is 13.0. The number of pyridine rings is 1. The third-order valence-corrected chi connectivity index (χ3v) is 3.10. The highest BCUT2D eigenvalue weighted by Crippen LogP contribution is 2.15. The van der Waals surface area contributed by atoms with E-state index in [-0.39, 0.29) is 30.1 Å². The molecular formula is C18H31IN4O. The number of aliphatic imine (C=N–C) groups is 1. The van der Waals surface area contributed by atoms with Crippen molar-refractivity contribution in [2.45, 2.75) is 46.8 Å². The van der Waals surface area contributed by atoms with Crippen molar-refractivity contribution in [3.63, 3.8) is 0 Å². The molecule has 0 aliphatic heterocycles. The maximum absolute atomic E-state index is 5.88. The molecule has 1 aromatic heterocycles. The lowest BCUT2D eigenvalue weighted by Gasteiger charge is -2.16. The lowest BCUT2D eigenvalue weighted by molar-refractivity contribution is 0.185. The summed E-state index contributed by atoms with van der Waals surface area (Å²) in [7, 11) is 0. The topological polar surface area (TPSA) is 58.5 Å². The molecule has 1 heterocycles. The maximum Gasteiger partial charge on any atom is 0.213 e. The van der Waals surface area contributed by atoms with Crippen molar-refractivity contribution in [3.05, 3.63) is 36.5 Å². The minimum atomic E-state index is 0. The van der Waals surface area contributed by atoms with Gasteiger partial charge in [-0.3, -0.25) is 0 Å². The molecule has 1 aromatic rings. The van der Waals surface area contributed by atoms with E-state index >= 15 is 0 Å². The van der Waals surface area contributed by atoms with E-state index < -0.39 is 0 Å². The number of halogens is 1. The summed E-state index contributed by atoms with van der Waals surface area (Å²) in [5.74, 6) is 2.05. The summed E-state index contributed by atoms with van der Waals surface area (Å²) >= 11 is 0. The molecule has 0 aromatic carbocycles. The number of hydrogen-bond acceptors (Lipinski definition) is 3. The van der Waals surface area contributed by atoms with Crippen LogP contribution >= 0.6 is 24.0 Å². The molecule has 0 fully saturated rings. The zero-order chi connectivity index (χ0) is 17.1. The Balaban J connectivity index is 0.00000529. The molecule has 0 aliphatic rings. The van der Waals surface area contributed by atoms with Gasteiger partial charge in [0, 0.05) is 25.4 Å². The molecule has 0 saturated carbocycles. The first-order valence-electron chi connectivity index (χ1n) is 8.29. The number of guanidine groups is 1. The molecule has 1 rings (SSSR count). The van der Waals surface area contributed by atoms with Gasteiger partial charge < -0.3 is 15.4 Å².